The van der Waals surface area contributed by atoms with E-state index in [0.29, 0.717) is 24.2 Å². The van der Waals surface area contributed by atoms with E-state index in [-0.39, 0.29) is 5.91 Å². The summed E-state index contributed by atoms with van der Waals surface area (Å²) in [6.07, 6.45) is 7.82. The molecule has 3 aromatic rings. The third-order valence-electron chi connectivity index (χ3n) is 5.68. The Labute approximate surface area is 186 Å². The number of carbonyl (C=O) groups is 2. The van der Waals surface area contributed by atoms with Crippen LogP contribution in [0.5, 0.6) is 0 Å². The lowest BCUT2D eigenvalue weighted by molar-refractivity contribution is -0.111. The molecule has 2 aromatic carbocycles. The summed E-state index contributed by atoms with van der Waals surface area (Å²) in [4.78, 5) is 26.6. The normalized spacial score (nSPS) is 13.5. The van der Waals surface area contributed by atoms with Crippen LogP contribution in [0.4, 0.5) is 11.4 Å². The van der Waals surface area contributed by atoms with Gasteiger partial charge in [-0.1, -0.05) is 18.2 Å². The van der Waals surface area contributed by atoms with Crippen molar-refractivity contribution in [2.24, 2.45) is 5.73 Å². The number of hydrogen-bond acceptors (Lipinski definition) is 4. The summed E-state index contributed by atoms with van der Waals surface area (Å²) in [7, 11) is 0. The molecule has 7 heteroatoms. The number of primary amides is 1. The molecule has 0 atom stereocenters. The molecule has 3 N–H and O–H groups in total. The average molecular weight is 428 g/mol. The van der Waals surface area contributed by atoms with Crippen LogP contribution in [0, 0.1) is 11.3 Å². The molecule has 7 nitrogen and oxygen atoms in total. The average Bonchev–Trinajstić information content (AvgIpc) is 3.45. The van der Waals surface area contributed by atoms with Crippen molar-refractivity contribution in [3.8, 4) is 6.07 Å². The topological polar surface area (TPSA) is 104 Å². The Morgan fingerprint density at radius 1 is 1.16 bits per heavy atom. The molecule has 162 valence electrons. The van der Waals surface area contributed by atoms with Gasteiger partial charge >= 0.3 is 0 Å². The number of aryl methyl sites for hydroxylation is 1. The first-order chi connectivity index (χ1) is 15.6. The smallest absolute Gasteiger partial charge is 0.248 e. The number of nitrogens with zero attached hydrogens (tertiary/aromatic N) is 3. The second-order valence-electron chi connectivity index (χ2n) is 7.82. The lowest BCUT2D eigenvalue weighted by Gasteiger charge is -2.21. The number of anilines is 2. The van der Waals surface area contributed by atoms with Gasteiger partial charge in [0, 0.05) is 53.9 Å². The summed E-state index contributed by atoms with van der Waals surface area (Å²) in [6.45, 7) is 2.42. The Morgan fingerprint density at radius 3 is 2.69 bits per heavy atom. The fourth-order valence-corrected chi connectivity index (χ4v) is 4.13. The van der Waals surface area contributed by atoms with Crippen molar-refractivity contribution in [3.05, 3.63) is 65.9 Å². The zero-order chi connectivity index (χ0) is 22.5. The SMILES string of the molecule is N#CCCn1cc(/C=C/C(=O)Nc2cc(C(N)=O)ccc2N2CCCC2)c2ccccc21. The lowest BCUT2D eigenvalue weighted by Crippen LogP contribution is -2.21. The van der Waals surface area contributed by atoms with E-state index >= 15 is 0 Å². The number of benzene rings is 2. The summed E-state index contributed by atoms with van der Waals surface area (Å²) in [5.41, 5.74) is 9.19. The van der Waals surface area contributed by atoms with Crippen LogP contribution in [-0.4, -0.2) is 29.5 Å². The van der Waals surface area contributed by atoms with E-state index in [4.69, 9.17) is 11.0 Å². The van der Waals surface area contributed by atoms with Gasteiger partial charge < -0.3 is 20.5 Å². The second-order valence-corrected chi connectivity index (χ2v) is 7.82. The van der Waals surface area contributed by atoms with Gasteiger partial charge in [-0.05, 0) is 43.2 Å². The van der Waals surface area contributed by atoms with Gasteiger partial charge in [-0.3, -0.25) is 9.59 Å². The van der Waals surface area contributed by atoms with Gasteiger partial charge in [0.05, 0.1) is 23.9 Å². The van der Waals surface area contributed by atoms with E-state index in [1.807, 2.05) is 41.1 Å². The van der Waals surface area contributed by atoms with E-state index in [0.717, 1.165) is 48.1 Å². The second kappa shape index (κ2) is 9.40. The van der Waals surface area contributed by atoms with E-state index in [9.17, 15) is 9.59 Å². The quantitative estimate of drug-likeness (QED) is 0.558. The van der Waals surface area contributed by atoms with Gasteiger partial charge in [0.15, 0.2) is 0 Å². The predicted molar refractivity (Wildman–Crippen MR) is 126 cm³/mol. The Hall–Kier alpha value is -4.05. The summed E-state index contributed by atoms with van der Waals surface area (Å²) >= 11 is 0. The number of nitrogens with two attached hydrogens (primary N) is 1. The monoisotopic (exact) mass is 427 g/mol. The number of hydrogen-bond donors (Lipinski definition) is 2. The first kappa shape index (κ1) is 21.2. The molecule has 4 rings (SSSR count). The van der Waals surface area contributed by atoms with Crippen LogP contribution in [0.3, 0.4) is 0 Å². The zero-order valence-corrected chi connectivity index (χ0v) is 17.8. The Bertz CT molecular complexity index is 1230. The molecule has 1 aliphatic heterocycles. The van der Waals surface area contributed by atoms with Crippen molar-refractivity contribution >= 4 is 40.2 Å². The Balaban J connectivity index is 1.58. The number of fused-ring (bicyclic) bond motifs is 1. The van der Waals surface area contributed by atoms with Gasteiger partial charge in [-0.2, -0.15) is 5.26 Å². The highest BCUT2D eigenvalue weighted by atomic mass is 16.1. The van der Waals surface area contributed by atoms with Crippen LogP contribution < -0.4 is 16.0 Å². The molecule has 1 saturated heterocycles. The van der Waals surface area contributed by atoms with Crippen molar-refractivity contribution < 1.29 is 9.59 Å². The number of nitriles is 1. The van der Waals surface area contributed by atoms with Crippen LogP contribution in [0.25, 0.3) is 17.0 Å². The zero-order valence-electron chi connectivity index (χ0n) is 17.8. The highest BCUT2D eigenvalue weighted by Gasteiger charge is 2.18. The molecule has 32 heavy (non-hydrogen) atoms. The van der Waals surface area contributed by atoms with E-state index < -0.39 is 5.91 Å². The predicted octanol–water partition coefficient (Wildman–Crippen LogP) is 3.91. The molecule has 0 spiro atoms. The molecule has 0 aliphatic carbocycles. The van der Waals surface area contributed by atoms with Gasteiger partial charge in [-0.15, -0.1) is 0 Å². The van der Waals surface area contributed by atoms with Crippen molar-refractivity contribution in [1.82, 2.24) is 4.57 Å². The van der Waals surface area contributed by atoms with E-state index in [2.05, 4.69) is 16.3 Å². The molecule has 0 radical (unpaired) electrons. The number of aromatic nitrogens is 1. The highest BCUT2D eigenvalue weighted by molar-refractivity contribution is 6.06. The van der Waals surface area contributed by atoms with Gasteiger partial charge in [0.1, 0.15) is 0 Å². The molecule has 1 fully saturated rings. The van der Waals surface area contributed by atoms with Crippen molar-refractivity contribution in [2.45, 2.75) is 25.8 Å². The minimum atomic E-state index is -0.533. The van der Waals surface area contributed by atoms with Crippen LogP contribution >= 0.6 is 0 Å². The summed E-state index contributed by atoms with van der Waals surface area (Å²) in [5.74, 6) is -0.824. The van der Waals surface area contributed by atoms with E-state index in [1.165, 1.54) is 6.08 Å². The maximum absolute atomic E-state index is 12.8. The van der Waals surface area contributed by atoms with Crippen LogP contribution in [0.1, 0.15) is 35.2 Å². The van der Waals surface area contributed by atoms with Gasteiger partial charge in [0.25, 0.3) is 0 Å². The molecule has 2 amide bonds. The molecule has 0 saturated carbocycles. The summed E-state index contributed by atoms with van der Waals surface area (Å²) in [5, 5.41) is 12.8. The number of nitrogens with one attached hydrogen (secondary N) is 1. The minimum absolute atomic E-state index is 0.291. The summed E-state index contributed by atoms with van der Waals surface area (Å²) in [6, 6.07) is 15.2. The molecule has 1 aliphatic rings. The minimum Gasteiger partial charge on any atom is -0.370 e. The van der Waals surface area contributed by atoms with E-state index in [1.54, 1.807) is 18.2 Å². The molecule has 0 bridgehead atoms. The molecule has 0 unspecified atom stereocenters. The van der Waals surface area contributed by atoms with Gasteiger partial charge in [0.2, 0.25) is 11.8 Å². The van der Waals surface area contributed by atoms with Crippen LogP contribution in [-0.2, 0) is 11.3 Å². The van der Waals surface area contributed by atoms with Crippen molar-refractivity contribution in [3.63, 3.8) is 0 Å². The fraction of sp³-hybridized carbons (Fsp3) is 0.240. The largest absolute Gasteiger partial charge is 0.370 e. The van der Waals surface area contributed by atoms with Crippen molar-refractivity contribution in [2.75, 3.05) is 23.3 Å². The van der Waals surface area contributed by atoms with Crippen LogP contribution in [0.2, 0.25) is 0 Å². The Morgan fingerprint density at radius 2 is 1.94 bits per heavy atom. The third-order valence-corrected chi connectivity index (χ3v) is 5.68. The third kappa shape index (κ3) is 4.49. The van der Waals surface area contributed by atoms with Gasteiger partial charge in [-0.25, -0.2) is 0 Å². The molecular weight excluding hydrogens is 402 g/mol. The standard InChI is InChI=1S/C25H25N5O2/c26-12-5-15-30-17-19(20-6-1-2-7-22(20)30)9-11-24(31)28-21-16-18(25(27)32)8-10-23(21)29-13-3-4-14-29/h1-2,6-11,16-17H,3-5,13-15H2,(H2,27,32)(H,28,31)/b11-9+. The lowest BCUT2D eigenvalue weighted by atomic mass is 10.1. The number of para-hydroxylation sites is 1. The molecular formula is C25H25N5O2. The Kier molecular flexibility index (Phi) is 6.22. The maximum atomic E-state index is 12.8. The molecule has 2 heterocycles. The molecule has 1 aromatic heterocycles. The first-order valence-corrected chi connectivity index (χ1v) is 10.7. The maximum Gasteiger partial charge on any atom is 0.248 e. The summed E-state index contributed by atoms with van der Waals surface area (Å²) < 4.78 is 2.03. The number of rotatable bonds is 7. The number of carbonyl (C=O) groups excluding carboxylic acids is 2. The van der Waals surface area contributed by atoms with Crippen LogP contribution in [0.15, 0.2) is 54.7 Å². The number of amides is 2. The fourth-order valence-electron chi connectivity index (χ4n) is 4.13. The highest BCUT2D eigenvalue weighted by Crippen LogP contribution is 2.30. The first-order valence-electron chi connectivity index (χ1n) is 10.7. The van der Waals surface area contributed by atoms with Crippen molar-refractivity contribution in [1.29, 1.82) is 5.26 Å².